The summed E-state index contributed by atoms with van der Waals surface area (Å²) >= 11 is 1.68. The fourth-order valence-electron chi connectivity index (χ4n) is 2.81. The first-order valence-corrected chi connectivity index (χ1v) is 9.34. The average molecular weight is 321 g/mol. The molecule has 0 radical (unpaired) electrons. The Bertz CT molecular complexity index is 483. The van der Waals surface area contributed by atoms with Gasteiger partial charge in [0.15, 0.2) is 0 Å². The molecular formula is C17H27N3OS. The SMILES string of the molecule is CCCN(CCC)C1CN(C(=O)Nc2cccc(SC)c2)C1. The van der Waals surface area contributed by atoms with Crippen LogP contribution >= 0.6 is 11.8 Å². The Morgan fingerprint density at radius 3 is 2.59 bits per heavy atom. The zero-order chi connectivity index (χ0) is 15.9. The second kappa shape index (κ2) is 8.44. The van der Waals surface area contributed by atoms with E-state index < -0.39 is 0 Å². The monoisotopic (exact) mass is 321 g/mol. The minimum atomic E-state index is 0.0162. The van der Waals surface area contributed by atoms with Crippen LogP contribution in [0.3, 0.4) is 0 Å². The van der Waals surface area contributed by atoms with Crippen LogP contribution in [0.2, 0.25) is 0 Å². The van der Waals surface area contributed by atoms with E-state index in [9.17, 15) is 4.79 Å². The third-order valence-corrected chi connectivity index (χ3v) is 4.73. The van der Waals surface area contributed by atoms with E-state index in [1.165, 1.54) is 12.8 Å². The molecule has 1 saturated heterocycles. The fraction of sp³-hybridized carbons (Fsp3) is 0.588. The highest BCUT2D eigenvalue weighted by Crippen LogP contribution is 2.21. The molecule has 0 bridgehead atoms. The number of nitrogens with zero attached hydrogens (tertiary/aromatic N) is 2. The van der Waals surface area contributed by atoms with E-state index in [-0.39, 0.29) is 6.03 Å². The van der Waals surface area contributed by atoms with Gasteiger partial charge in [-0.3, -0.25) is 4.90 Å². The molecule has 4 nitrogen and oxygen atoms in total. The van der Waals surface area contributed by atoms with Crippen molar-refractivity contribution in [2.45, 2.75) is 37.6 Å². The summed E-state index contributed by atoms with van der Waals surface area (Å²) in [7, 11) is 0. The molecule has 0 unspecified atom stereocenters. The van der Waals surface area contributed by atoms with Crippen molar-refractivity contribution in [2.75, 3.05) is 37.8 Å². The topological polar surface area (TPSA) is 35.6 Å². The van der Waals surface area contributed by atoms with Crippen molar-refractivity contribution in [3.8, 4) is 0 Å². The molecule has 1 fully saturated rings. The number of anilines is 1. The van der Waals surface area contributed by atoms with Crippen LogP contribution in [0.1, 0.15) is 26.7 Å². The van der Waals surface area contributed by atoms with Crippen LogP contribution in [0.4, 0.5) is 10.5 Å². The Morgan fingerprint density at radius 1 is 1.32 bits per heavy atom. The van der Waals surface area contributed by atoms with E-state index in [4.69, 9.17) is 0 Å². The van der Waals surface area contributed by atoms with Crippen molar-refractivity contribution in [1.29, 1.82) is 0 Å². The Labute approximate surface area is 138 Å². The summed E-state index contributed by atoms with van der Waals surface area (Å²) in [5, 5.41) is 3.00. The predicted octanol–water partition coefficient (Wildman–Crippen LogP) is 3.75. The van der Waals surface area contributed by atoms with Crippen LogP contribution in [0.15, 0.2) is 29.2 Å². The van der Waals surface area contributed by atoms with Gasteiger partial charge < -0.3 is 10.2 Å². The molecule has 0 atom stereocenters. The third-order valence-electron chi connectivity index (χ3n) is 4.01. The van der Waals surface area contributed by atoms with Gasteiger partial charge in [-0.2, -0.15) is 0 Å². The van der Waals surface area contributed by atoms with Crippen LogP contribution in [-0.2, 0) is 0 Å². The molecule has 1 heterocycles. The maximum absolute atomic E-state index is 12.3. The summed E-state index contributed by atoms with van der Waals surface area (Å²) in [5.41, 5.74) is 0.874. The minimum absolute atomic E-state index is 0.0162. The number of nitrogens with one attached hydrogen (secondary N) is 1. The lowest BCUT2D eigenvalue weighted by Gasteiger charge is -2.45. The van der Waals surface area contributed by atoms with Gasteiger partial charge in [-0.1, -0.05) is 19.9 Å². The summed E-state index contributed by atoms with van der Waals surface area (Å²) in [5.74, 6) is 0. The van der Waals surface area contributed by atoms with Crippen molar-refractivity contribution in [1.82, 2.24) is 9.80 Å². The van der Waals surface area contributed by atoms with E-state index in [0.717, 1.165) is 36.8 Å². The summed E-state index contributed by atoms with van der Waals surface area (Å²) < 4.78 is 0. The molecule has 1 aromatic rings. The number of amides is 2. The normalized spacial score (nSPS) is 15.0. The van der Waals surface area contributed by atoms with Crippen LogP contribution in [0.5, 0.6) is 0 Å². The van der Waals surface area contributed by atoms with Crippen LogP contribution < -0.4 is 5.32 Å². The number of hydrogen-bond acceptors (Lipinski definition) is 3. The maximum Gasteiger partial charge on any atom is 0.321 e. The van der Waals surface area contributed by atoms with Gasteiger partial charge in [0.25, 0.3) is 0 Å². The van der Waals surface area contributed by atoms with Crippen molar-refractivity contribution in [2.24, 2.45) is 0 Å². The average Bonchev–Trinajstić information content (AvgIpc) is 2.46. The van der Waals surface area contributed by atoms with E-state index in [0.29, 0.717) is 6.04 Å². The van der Waals surface area contributed by atoms with Gasteiger partial charge in [0, 0.05) is 29.7 Å². The first-order valence-electron chi connectivity index (χ1n) is 8.12. The maximum atomic E-state index is 12.3. The Hall–Kier alpha value is -1.20. The lowest BCUT2D eigenvalue weighted by Crippen LogP contribution is -2.62. The zero-order valence-corrected chi connectivity index (χ0v) is 14.7. The molecule has 122 valence electrons. The molecule has 0 saturated carbocycles. The number of urea groups is 1. The molecule has 0 aromatic heterocycles. The van der Waals surface area contributed by atoms with Gasteiger partial charge in [-0.25, -0.2) is 4.79 Å². The van der Waals surface area contributed by atoms with E-state index in [2.05, 4.69) is 24.1 Å². The van der Waals surface area contributed by atoms with Gasteiger partial charge in [0.2, 0.25) is 0 Å². The fourth-order valence-corrected chi connectivity index (χ4v) is 3.27. The molecule has 22 heavy (non-hydrogen) atoms. The van der Waals surface area contributed by atoms with Crippen LogP contribution in [-0.4, -0.2) is 54.3 Å². The second-order valence-corrected chi connectivity index (χ2v) is 6.64. The molecule has 2 rings (SSSR count). The molecule has 1 aliphatic rings. The quantitative estimate of drug-likeness (QED) is 0.777. The van der Waals surface area contributed by atoms with E-state index in [1.54, 1.807) is 11.8 Å². The number of carbonyl (C=O) groups excluding carboxylic acids is 1. The molecule has 0 aliphatic carbocycles. The number of rotatable bonds is 7. The first-order chi connectivity index (χ1) is 10.7. The van der Waals surface area contributed by atoms with Crippen molar-refractivity contribution < 1.29 is 4.79 Å². The molecule has 0 spiro atoms. The Kier molecular flexibility index (Phi) is 6.58. The van der Waals surface area contributed by atoms with Crippen LogP contribution in [0, 0.1) is 0 Å². The lowest BCUT2D eigenvalue weighted by atomic mass is 10.1. The molecule has 1 aliphatic heterocycles. The standard InChI is InChI=1S/C17H27N3OS/c1-4-9-19(10-5-2)15-12-20(13-15)17(21)18-14-7-6-8-16(11-14)22-3/h6-8,11,15H,4-5,9-10,12-13H2,1-3H3,(H,18,21). The van der Waals surface area contributed by atoms with Gasteiger partial charge in [-0.05, 0) is 50.4 Å². The minimum Gasteiger partial charge on any atom is -0.321 e. The van der Waals surface area contributed by atoms with Gasteiger partial charge in [0.05, 0.1) is 0 Å². The second-order valence-electron chi connectivity index (χ2n) is 5.76. The van der Waals surface area contributed by atoms with Gasteiger partial charge >= 0.3 is 6.03 Å². The molecule has 1 N–H and O–H groups in total. The number of likely N-dealkylation sites (tertiary alicyclic amines) is 1. The number of benzene rings is 1. The van der Waals surface area contributed by atoms with Gasteiger partial charge in [-0.15, -0.1) is 11.8 Å². The number of thioether (sulfide) groups is 1. The summed E-state index contributed by atoms with van der Waals surface area (Å²) in [6, 6.07) is 8.53. The summed E-state index contributed by atoms with van der Waals surface area (Å²) in [6.07, 6.45) is 4.38. The zero-order valence-electron chi connectivity index (χ0n) is 13.8. The van der Waals surface area contributed by atoms with Crippen molar-refractivity contribution in [3.63, 3.8) is 0 Å². The van der Waals surface area contributed by atoms with E-state index in [1.807, 2.05) is 35.4 Å². The largest absolute Gasteiger partial charge is 0.321 e. The Balaban J connectivity index is 1.83. The Morgan fingerprint density at radius 2 is 2.00 bits per heavy atom. The molecule has 5 heteroatoms. The van der Waals surface area contributed by atoms with Gasteiger partial charge in [0.1, 0.15) is 0 Å². The third kappa shape index (κ3) is 4.40. The van der Waals surface area contributed by atoms with Crippen LogP contribution in [0.25, 0.3) is 0 Å². The summed E-state index contributed by atoms with van der Waals surface area (Å²) in [6.45, 7) is 8.37. The number of carbonyl (C=O) groups is 1. The van der Waals surface area contributed by atoms with E-state index >= 15 is 0 Å². The smallest absolute Gasteiger partial charge is 0.321 e. The lowest BCUT2D eigenvalue weighted by molar-refractivity contribution is 0.0614. The van der Waals surface area contributed by atoms with Crippen molar-refractivity contribution >= 4 is 23.5 Å². The highest BCUT2D eigenvalue weighted by molar-refractivity contribution is 7.98. The van der Waals surface area contributed by atoms with Crippen molar-refractivity contribution in [3.05, 3.63) is 24.3 Å². The first kappa shape index (κ1) is 17.2. The highest BCUT2D eigenvalue weighted by atomic mass is 32.2. The molecule has 1 aromatic carbocycles. The molecule has 2 amide bonds. The highest BCUT2D eigenvalue weighted by Gasteiger charge is 2.34. The number of hydrogen-bond donors (Lipinski definition) is 1. The summed E-state index contributed by atoms with van der Waals surface area (Å²) in [4.78, 5) is 17.8. The predicted molar refractivity (Wildman–Crippen MR) is 94.8 cm³/mol. The molecular weight excluding hydrogens is 294 g/mol.